The minimum Gasteiger partial charge on any atom is -0.478 e. The molecule has 108 valence electrons. The van der Waals surface area contributed by atoms with Gasteiger partial charge in [0.2, 0.25) is 0 Å². The van der Waals surface area contributed by atoms with Gasteiger partial charge in [-0.15, -0.1) is 0 Å². The van der Waals surface area contributed by atoms with Crippen molar-refractivity contribution in [2.75, 3.05) is 0 Å². The molecule has 0 aromatic heterocycles. The summed E-state index contributed by atoms with van der Waals surface area (Å²) in [5, 5.41) is 18.0. The summed E-state index contributed by atoms with van der Waals surface area (Å²) < 4.78 is 5.12. The highest BCUT2D eigenvalue weighted by atomic mass is 16.6. The molecule has 5 heteroatoms. The van der Waals surface area contributed by atoms with Crippen LogP contribution in [0.1, 0.15) is 6.92 Å². The van der Waals surface area contributed by atoms with Gasteiger partial charge >= 0.3 is 11.9 Å². The number of carboxylic acids is 2. The van der Waals surface area contributed by atoms with Crippen molar-refractivity contribution < 1.29 is 24.5 Å². The molecule has 2 rings (SSSR count). The largest absolute Gasteiger partial charge is 0.478 e. The second-order valence-corrected chi connectivity index (χ2v) is 4.64. The fourth-order valence-corrected chi connectivity index (χ4v) is 1.76. The van der Waals surface area contributed by atoms with E-state index >= 15 is 0 Å². The average molecular weight is 286 g/mol. The summed E-state index contributed by atoms with van der Waals surface area (Å²) in [6.45, 7) is 1.00. The van der Waals surface area contributed by atoms with E-state index in [1.807, 2.05) is 30.3 Å². The predicted octanol–water partition coefficient (Wildman–Crippen LogP) is 2.66. The van der Waals surface area contributed by atoms with Crippen molar-refractivity contribution in [1.82, 2.24) is 0 Å². The maximum absolute atomic E-state index is 11.0. The lowest BCUT2D eigenvalue weighted by Crippen LogP contribution is -2.49. The Labute approximate surface area is 121 Å². The number of rotatable bonds is 5. The first kappa shape index (κ1) is 14.6. The van der Waals surface area contributed by atoms with Crippen LogP contribution < -0.4 is 4.74 Å². The van der Waals surface area contributed by atoms with Crippen molar-refractivity contribution >= 4 is 11.9 Å². The average Bonchev–Trinajstić information content (AvgIpc) is 2.48. The molecular weight excluding hydrogens is 272 g/mol. The summed E-state index contributed by atoms with van der Waals surface area (Å²) in [5.74, 6) is -2.92. The minimum absolute atomic E-state index is 0.182. The van der Waals surface area contributed by atoms with Gasteiger partial charge in [0, 0.05) is 0 Å². The molecule has 21 heavy (non-hydrogen) atoms. The van der Waals surface area contributed by atoms with Gasteiger partial charge in [0.05, 0.1) is 0 Å². The molecule has 0 saturated heterocycles. The van der Waals surface area contributed by atoms with Crippen LogP contribution in [0, 0.1) is 0 Å². The third kappa shape index (κ3) is 3.02. The number of carboxylic acid groups (broad SMARTS) is 2. The normalized spacial score (nSPS) is 10.9. The third-order valence-electron chi connectivity index (χ3n) is 3.10. The van der Waals surface area contributed by atoms with Gasteiger partial charge < -0.3 is 14.9 Å². The second kappa shape index (κ2) is 5.66. The third-order valence-corrected chi connectivity index (χ3v) is 3.10. The molecule has 0 atom stereocenters. The van der Waals surface area contributed by atoms with E-state index in [9.17, 15) is 9.59 Å². The van der Waals surface area contributed by atoms with Crippen LogP contribution in [0.2, 0.25) is 0 Å². The quantitative estimate of drug-likeness (QED) is 0.825. The monoisotopic (exact) mass is 286 g/mol. The predicted molar refractivity (Wildman–Crippen MR) is 76.2 cm³/mol. The molecule has 0 amide bonds. The Morgan fingerprint density at radius 1 is 0.857 bits per heavy atom. The first-order valence-corrected chi connectivity index (χ1v) is 6.25. The van der Waals surface area contributed by atoms with Gasteiger partial charge in [-0.25, -0.2) is 9.59 Å². The molecule has 0 aliphatic rings. The molecule has 5 nitrogen and oxygen atoms in total. The van der Waals surface area contributed by atoms with Crippen molar-refractivity contribution in [3.63, 3.8) is 0 Å². The zero-order chi connectivity index (χ0) is 15.5. The van der Waals surface area contributed by atoms with Gasteiger partial charge in [-0.1, -0.05) is 42.5 Å². The fourth-order valence-electron chi connectivity index (χ4n) is 1.76. The van der Waals surface area contributed by atoms with E-state index in [4.69, 9.17) is 14.9 Å². The van der Waals surface area contributed by atoms with Crippen molar-refractivity contribution in [2.45, 2.75) is 12.5 Å². The molecule has 0 unspecified atom stereocenters. The first-order chi connectivity index (χ1) is 9.93. The van der Waals surface area contributed by atoms with E-state index in [0.29, 0.717) is 0 Å². The molecule has 0 bridgehead atoms. The molecule has 0 radical (unpaired) electrons. The van der Waals surface area contributed by atoms with Crippen LogP contribution >= 0.6 is 0 Å². The van der Waals surface area contributed by atoms with Crippen molar-refractivity contribution in [3.8, 4) is 16.9 Å². The second-order valence-electron chi connectivity index (χ2n) is 4.64. The summed E-state index contributed by atoms with van der Waals surface area (Å²) in [4.78, 5) is 22.1. The van der Waals surface area contributed by atoms with Gasteiger partial charge in [-0.05, 0) is 30.2 Å². The summed E-state index contributed by atoms with van der Waals surface area (Å²) in [6, 6.07) is 16.2. The van der Waals surface area contributed by atoms with E-state index in [2.05, 4.69) is 0 Å². The molecular formula is C16H14O5. The van der Waals surface area contributed by atoms with E-state index in [-0.39, 0.29) is 5.75 Å². The van der Waals surface area contributed by atoms with E-state index in [1.165, 1.54) is 0 Å². The zero-order valence-corrected chi connectivity index (χ0v) is 11.3. The van der Waals surface area contributed by atoms with Gasteiger partial charge in [0.1, 0.15) is 5.75 Å². The highest BCUT2D eigenvalue weighted by molar-refractivity contribution is 6.01. The molecule has 0 saturated carbocycles. The molecule has 0 aliphatic heterocycles. The van der Waals surface area contributed by atoms with Crippen LogP contribution in [0.15, 0.2) is 54.6 Å². The molecule has 2 N–H and O–H groups in total. The van der Waals surface area contributed by atoms with Crippen LogP contribution in [0.3, 0.4) is 0 Å². The van der Waals surface area contributed by atoms with Gasteiger partial charge in [0.25, 0.3) is 5.60 Å². The standard InChI is InChI=1S/C16H14O5/c1-16(14(17)18,15(19)20)21-13-9-7-12(8-10-13)11-5-3-2-4-6-11/h2-10H,1H3,(H,17,18)(H,19,20). The lowest BCUT2D eigenvalue weighted by atomic mass is 10.1. The molecule has 2 aromatic carbocycles. The highest BCUT2D eigenvalue weighted by Gasteiger charge is 2.44. The lowest BCUT2D eigenvalue weighted by Gasteiger charge is -2.21. The van der Waals surface area contributed by atoms with Crippen LogP contribution in [0.25, 0.3) is 11.1 Å². The van der Waals surface area contributed by atoms with Crippen LogP contribution in [0.5, 0.6) is 5.75 Å². The number of hydrogen-bond acceptors (Lipinski definition) is 3. The van der Waals surface area contributed by atoms with Crippen molar-refractivity contribution in [1.29, 1.82) is 0 Å². The molecule has 0 aliphatic carbocycles. The van der Waals surface area contributed by atoms with Crippen LogP contribution in [-0.2, 0) is 9.59 Å². The maximum Gasteiger partial charge on any atom is 0.359 e. The highest BCUT2D eigenvalue weighted by Crippen LogP contribution is 2.24. The van der Waals surface area contributed by atoms with E-state index in [1.54, 1.807) is 24.3 Å². The van der Waals surface area contributed by atoms with E-state index in [0.717, 1.165) is 18.1 Å². The van der Waals surface area contributed by atoms with Crippen molar-refractivity contribution in [3.05, 3.63) is 54.6 Å². The fraction of sp³-hybridized carbons (Fsp3) is 0.125. The molecule has 2 aromatic rings. The smallest absolute Gasteiger partial charge is 0.359 e. The Morgan fingerprint density at radius 2 is 1.33 bits per heavy atom. The number of aliphatic carboxylic acids is 2. The summed E-state index contributed by atoms with van der Waals surface area (Å²) in [7, 11) is 0. The maximum atomic E-state index is 11.0. The minimum atomic E-state index is -2.31. The van der Waals surface area contributed by atoms with Gasteiger partial charge in [-0.3, -0.25) is 0 Å². The van der Waals surface area contributed by atoms with Gasteiger partial charge in [0.15, 0.2) is 0 Å². The topological polar surface area (TPSA) is 83.8 Å². The van der Waals surface area contributed by atoms with Crippen LogP contribution in [-0.4, -0.2) is 27.8 Å². The Balaban J connectivity index is 2.24. The van der Waals surface area contributed by atoms with Gasteiger partial charge in [-0.2, -0.15) is 0 Å². The number of carbonyl (C=O) groups is 2. The molecule has 0 spiro atoms. The van der Waals surface area contributed by atoms with Crippen molar-refractivity contribution in [2.24, 2.45) is 0 Å². The number of benzene rings is 2. The number of hydrogen-bond donors (Lipinski definition) is 2. The summed E-state index contributed by atoms with van der Waals surface area (Å²) in [5.41, 5.74) is -0.382. The number of ether oxygens (including phenoxy) is 1. The Kier molecular flexibility index (Phi) is 3.93. The zero-order valence-electron chi connectivity index (χ0n) is 11.3. The molecule has 0 heterocycles. The first-order valence-electron chi connectivity index (χ1n) is 6.25. The van der Waals surface area contributed by atoms with Crippen LogP contribution in [0.4, 0.5) is 0 Å². The Hall–Kier alpha value is -2.82. The summed E-state index contributed by atoms with van der Waals surface area (Å²) in [6.07, 6.45) is 0. The molecule has 0 fully saturated rings. The Morgan fingerprint density at radius 3 is 1.81 bits per heavy atom. The Bertz CT molecular complexity index is 632. The lowest BCUT2D eigenvalue weighted by molar-refractivity contribution is -0.170. The SMILES string of the molecule is CC(Oc1ccc(-c2ccccc2)cc1)(C(=O)O)C(=O)O. The van der Waals surface area contributed by atoms with E-state index < -0.39 is 17.5 Å². The summed E-state index contributed by atoms with van der Waals surface area (Å²) >= 11 is 0.